The Balaban J connectivity index is 1.40. The van der Waals surface area contributed by atoms with Gasteiger partial charge in [-0.2, -0.15) is 0 Å². The number of esters is 1. The van der Waals surface area contributed by atoms with E-state index in [1.807, 2.05) is 48.7 Å². The third-order valence-corrected chi connectivity index (χ3v) is 7.56. The number of Topliss-reactive ketones (excluding diaryl/α,β-unsaturated/α-hetero) is 1. The fraction of sp³-hybridized carbons (Fsp3) is 0.241. The molecule has 3 aromatic rings. The number of hydrogen-bond donors (Lipinski definition) is 1. The maximum atomic E-state index is 13.7. The number of nitrogens with one attached hydrogen (secondary N) is 1. The molecule has 36 heavy (non-hydrogen) atoms. The fourth-order valence-corrected chi connectivity index (χ4v) is 5.74. The van der Waals surface area contributed by atoms with Gasteiger partial charge in [0.1, 0.15) is 24.8 Å². The van der Waals surface area contributed by atoms with Crippen molar-refractivity contribution in [3.8, 4) is 5.75 Å². The van der Waals surface area contributed by atoms with E-state index in [1.54, 1.807) is 23.5 Å². The predicted octanol–water partition coefficient (Wildman–Crippen LogP) is 5.87. The summed E-state index contributed by atoms with van der Waals surface area (Å²) in [6.07, 6.45) is 1.04. The molecule has 2 heterocycles. The Bertz CT molecular complexity index is 1310. The molecule has 0 bridgehead atoms. The molecule has 0 saturated heterocycles. The largest absolute Gasteiger partial charge is 0.490 e. The first-order valence-corrected chi connectivity index (χ1v) is 12.8. The van der Waals surface area contributed by atoms with Gasteiger partial charge >= 0.3 is 5.97 Å². The van der Waals surface area contributed by atoms with Crippen molar-refractivity contribution in [1.82, 2.24) is 5.32 Å². The van der Waals surface area contributed by atoms with E-state index in [2.05, 4.69) is 11.4 Å². The lowest BCUT2D eigenvalue weighted by Crippen LogP contribution is -2.36. The second-order valence-corrected chi connectivity index (χ2v) is 9.86. The first-order valence-electron chi connectivity index (χ1n) is 11.9. The lowest BCUT2D eigenvalue weighted by atomic mass is 9.72. The molecule has 2 unspecified atom stereocenters. The van der Waals surface area contributed by atoms with Crippen LogP contribution in [-0.4, -0.2) is 25.0 Å². The molecule has 0 saturated carbocycles. The fourth-order valence-electron chi connectivity index (χ4n) is 4.91. The summed E-state index contributed by atoms with van der Waals surface area (Å²) < 4.78 is 25.0. The lowest BCUT2D eigenvalue weighted by molar-refractivity contribution is -0.140. The van der Waals surface area contributed by atoms with Crippen LogP contribution in [-0.2, 0) is 14.3 Å². The quantitative estimate of drug-likeness (QED) is 0.323. The van der Waals surface area contributed by atoms with Gasteiger partial charge in [-0.15, -0.1) is 11.3 Å². The Hall–Kier alpha value is -3.71. The number of hydrogen-bond acceptors (Lipinski definition) is 6. The standard InChI is InChI=1S/C29H26FNO4S/c1-18-26(29(33)35-14-13-34-22-6-3-2-4-7-22)27(19-9-11-21(30)12-10-19)28-23(31-18)16-20(17-24(28)32)25-8-5-15-36-25/h2-12,15,20,27,31H,13-14,16-17H2,1H3. The van der Waals surface area contributed by atoms with Crippen molar-refractivity contribution in [2.24, 2.45) is 0 Å². The van der Waals surface area contributed by atoms with E-state index >= 15 is 0 Å². The number of benzene rings is 2. The molecule has 2 aromatic carbocycles. The van der Waals surface area contributed by atoms with Crippen molar-refractivity contribution < 1.29 is 23.5 Å². The average Bonchev–Trinajstić information content (AvgIpc) is 3.42. The number of para-hydroxylation sites is 1. The van der Waals surface area contributed by atoms with Crippen molar-refractivity contribution in [2.75, 3.05) is 13.2 Å². The van der Waals surface area contributed by atoms with Crippen molar-refractivity contribution >= 4 is 23.1 Å². The Morgan fingerprint density at radius 1 is 1.03 bits per heavy atom. The second-order valence-electron chi connectivity index (χ2n) is 8.88. The number of allylic oxidation sites excluding steroid dienone is 3. The predicted molar refractivity (Wildman–Crippen MR) is 136 cm³/mol. The van der Waals surface area contributed by atoms with Gasteiger partial charge in [-0.1, -0.05) is 36.4 Å². The molecule has 0 amide bonds. The van der Waals surface area contributed by atoms with E-state index in [0.29, 0.717) is 41.0 Å². The molecule has 1 N–H and O–H groups in total. The number of carbonyl (C=O) groups excluding carboxylic acids is 2. The number of rotatable bonds is 7. The van der Waals surface area contributed by atoms with Crippen LogP contribution in [0.3, 0.4) is 0 Å². The minimum Gasteiger partial charge on any atom is -0.490 e. The summed E-state index contributed by atoms with van der Waals surface area (Å²) >= 11 is 1.64. The van der Waals surface area contributed by atoms with Gasteiger partial charge in [0.15, 0.2) is 5.78 Å². The zero-order chi connectivity index (χ0) is 25.1. The number of carbonyl (C=O) groups is 2. The van der Waals surface area contributed by atoms with Crippen molar-refractivity contribution in [3.05, 3.63) is 111 Å². The molecule has 2 aliphatic rings. The van der Waals surface area contributed by atoms with E-state index in [1.165, 1.54) is 17.0 Å². The first-order chi connectivity index (χ1) is 17.5. The van der Waals surface area contributed by atoms with Gasteiger partial charge in [-0.25, -0.2) is 9.18 Å². The van der Waals surface area contributed by atoms with Crippen LogP contribution in [0, 0.1) is 5.82 Å². The zero-order valence-corrected chi connectivity index (χ0v) is 20.6. The van der Waals surface area contributed by atoms with Gasteiger partial charge in [0.05, 0.1) is 5.57 Å². The molecule has 0 radical (unpaired) electrons. The van der Waals surface area contributed by atoms with E-state index in [-0.39, 0.29) is 30.7 Å². The Morgan fingerprint density at radius 3 is 2.53 bits per heavy atom. The normalized spacial score (nSPS) is 19.6. The van der Waals surface area contributed by atoms with Crippen LogP contribution < -0.4 is 10.1 Å². The maximum absolute atomic E-state index is 13.7. The van der Waals surface area contributed by atoms with Crippen LogP contribution in [0.15, 0.2) is 94.7 Å². The molecule has 5 nitrogen and oxygen atoms in total. The van der Waals surface area contributed by atoms with Gasteiger partial charge in [-0.3, -0.25) is 4.79 Å². The number of thiophene rings is 1. The lowest BCUT2D eigenvalue weighted by Gasteiger charge is -2.36. The summed E-state index contributed by atoms with van der Waals surface area (Å²) in [6, 6.07) is 19.3. The zero-order valence-electron chi connectivity index (χ0n) is 19.8. The van der Waals surface area contributed by atoms with Crippen LogP contribution in [0.2, 0.25) is 0 Å². The highest BCUT2D eigenvalue weighted by molar-refractivity contribution is 7.10. The van der Waals surface area contributed by atoms with E-state index < -0.39 is 11.9 Å². The Labute approximate surface area is 213 Å². The highest BCUT2D eigenvalue weighted by Crippen LogP contribution is 2.46. The maximum Gasteiger partial charge on any atom is 0.336 e. The summed E-state index contributed by atoms with van der Waals surface area (Å²) in [5.74, 6) is -0.754. The molecule has 2 atom stereocenters. The molecule has 7 heteroatoms. The SMILES string of the molecule is CC1=C(C(=O)OCCOc2ccccc2)C(c2ccc(F)cc2)C2=C(CC(c3cccs3)CC2=O)N1. The van der Waals surface area contributed by atoms with Crippen molar-refractivity contribution in [2.45, 2.75) is 31.6 Å². The smallest absolute Gasteiger partial charge is 0.336 e. The third kappa shape index (κ3) is 4.97. The number of ether oxygens (including phenoxy) is 2. The molecule has 5 rings (SSSR count). The molecule has 1 aliphatic carbocycles. The summed E-state index contributed by atoms with van der Waals surface area (Å²) in [5.41, 5.74) is 3.06. The minimum atomic E-state index is -0.624. The molecular weight excluding hydrogens is 477 g/mol. The van der Waals surface area contributed by atoms with Gasteiger partial charge in [0.2, 0.25) is 0 Å². The van der Waals surface area contributed by atoms with Crippen LogP contribution in [0.1, 0.15) is 42.0 Å². The topological polar surface area (TPSA) is 64.6 Å². The highest BCUT2D eigenvalue weighted by Gasteiger charge is 2.41. The van der Waals surface area contributed by atoms with Gasteiger partial charge in [-0.05, 0) is 54.6 Å². The number of halogens is 1. The van der Waals surface area contributed by atoms with Crippen LogP contribution >= 0.6 is 11.3 Å². The van der Waals surface area contributed by atoms with Crippen molar-refractivity contribution in [3.63, 3.8) is 0 Å². The highest BCUT2D eigenvalue weighted by atomic mass is 32.1. The number of ketones is 1. The molecule has 1 aliphatic heterocycles. The number of dihydropyridines is 1. The van der Waals surface area contributed by atoms with E-state index in [4.69, 9.17) is 9.47 Å². The van der Waals surface area contributed by atoms with Crippen LogP contribution in [0.5, 0.6) is 5.75 Å². The third-order valence-electron chi connectivity index (χ3n) is 6.52. The van der Waals surface area contributed by atoms with Crippen LogP contribution in [0.4, 0.5) is 4.39 Å². The minimum absolute atomic E-state index is 0.0123. The van der Waals surface area contributed by atoms with Gasteiger partial charge in [0, 0.05) is 40.1 Å². The van der Waals surface area contributed by atoms with E-state index in [0.717, 1.165) is 5.70 Å². The van der Waals surface area contributed by atoms with Crippen molar-refractivity contribution in [1.29, 1.82) is 0 Å². The summed E-state index contributed by atoms with van der Waals surface area (Å²) in [6.45, 7) is 2.07. The van der Waals surface area contributed by atoms with Crippen LogP contribution in [0.25, 0.3) is 0 Å². The second kappa shape index (κ2) is 10.5. The monoisotopic (exact) mass is 503 g/mol. The molecule has 0 spiro atoms. The Morgan fingerprint density at radius 2 is 1.81 bits per heavy atom. The average molecular weight is 504 g/mol. The molecule has 1 aromatic heterocycles. The molecular formula is C29H26FNO4S. The summed E-state index contributed by atoms with van der Waals surface area (Å²) in [7, 11) is 0. The van der Waals surface area contributed by atoms with E-state index in [9.17, 15) is 14.0 Å². The first kappa shape index (κ1) is 24.0. The summed E-state index contributed by atoms with van der Waals surface area (Å²) in [4.78, 5) is 28.0. The molecule has 0 fully saturated rings. The van der Waals surface area contributed by atoms with Gasteiger partial charge in [0.25, 0.3) is 0 Å². The Kier molecular flexibility index (Phi) is 7.00. The molecule has 184 valence electrons. The summed E-state index contributed by atoms with van der Waals surface area (Å²) in [5, 5.41) is 5.35. The van der Waals surface area contributed by atoms with Gasteiger partial charge < -0.3 is 14.8 Å².